The minimum atomic E-state index is -4.52. The first kappa shape index (κ1) is 28.6. The number of fused-ring (bicyclic) bond motifs is 1. The first-order chi connectivity index (χ1) is 20.5. The third-order valence-corrected chi connectivity index (χ3v) is 7.73. The number of aryl methyl sites for hydroxylation is 2. The molecule has 0 radical (unpaired) electrons. The topological polar surface area (TPSA) is 99.7 Å². The highest BCUT2D eigenvalue weighted by atomic mass is 19.4. The maximum Gasteiger partial charge on any atom is 0.434 e. The molecule has 43 heavy (non-hydrogen) atoms. The van der Waals surface area contributed by atoms with Gasteiger partial charge in [-0.25, -0.2) is 29.9 Å². The van der Waals surface area contributed by atoms with Crippen LogP contribution in [0.4, 0.5) is 19.0 Å². The number of nitrogens with zero attached hydrogens (tertiary/aromatic N) is 9. The summed E-state index contributed by atoms with van der Waals surface area (Å²) in [5, 5.41) is 0. The lowest BCUT2D eigenvalue weighted by Crippen LogP contribution is -2.19. The van der Waals surface area contributed by atoms with E-state index in [2.05, 4.69) is 15.0 Å². The third-order valence-electron chi connectivity index (χ3n) is 7.73. The highest BCUT2D eigenvalue weighted by Crippen LogP contribution is 2.45. The van der Waals surface area contributed by atoms with Crippen LogP contribution in [-0.2, 0) is 19.8 Å². The van der Waals surface area contributed by atoms with Gasteiger partial charge in [0.25, 0.3) is 0 Å². The number of halogens is 3. The summed E-state index contributed by atoms with van der Waals surface area (Å²) in [5.74, 6) is 2.92. The predicted molar refractivity (Wildman–Crippen MR) is 156 cm³/mol. The van der Waals surface area contributed by atoms with Gasteiger partial charge in [0.2, 0.25) is 5.88 Å². The number of aromatic nitrogens is 8. The van der Waals surface area contributed by atoms with Gasteiger partial charge in [0.15, 0.2) is 23.0 Å². The molecule has 0 aliphatic heterocycles. The second-order valence-corrected chi connectivity index (χ2v) is 11.2. The number of methoxy groups -OCH3 is 1. The number of rotatable bonds is 8. The van der Waals surface area contributed by atoms with Gasteiger partial charge >= 0.3 is 6.18 Å². The van der Waals surface area contributed by atoms with Crippen molar-refractivity contribution in [2.45, 2.75) is 58.3 Å². The Morgan fingerprint density at radius 1 is 1.05 bits per heavy atom. The molecular formula is C30H32F3N9O. The third kappa shape index (κ3) is 5.28. The Balaban J connectivity index is 1.37. The van der Waals surface area contributed by atoms with Crippen LogP contribution in [-0.4, -0.2) is 53.2 Å². The van der Waals surface area contributed by atoms with Crippen LogP contribution in [0, 0.1) is 6.92 Å². The first-order valence-electron chi connectivity index (χ1n) is 14.0. The molecule has 4 aromatic heterocycles. The van der Waals surface area contributed by atoms with E-state index >= 15 is 0 Å². The Morgan fingerprint density at radius 2 is 1.77 bits per heavy atom. The fourth-order valence-electron chi connectivity index (χ4n) is 5.24. The van der Waals surface area contributed by atoms with Crippen molar-refractivity contribution in [2.24, 2.45) is 7.05 Å². The highest BCUT2D eigenvalue weighted by Gasteiger charge is 2.35. The molecule has 13 heteroatoms. The lowest BCUT2D eigenvalue weighted by molar-refractivity contribution is -0.140. The van der Waals surface area contributed by atoms with E-state index in [0.717, 1.165) is 41.6 Å². The molecule has 1 aromatic carbocycles. The molecule has 0 N–H and O–H groups in total. The van der Waals surface area contributed by atoms with Crippen LogP contribution in [0.15, 0.2) is 36.8 Å². The van der Waals surface area contributed by atoms with Crippen molar-refractivity contribution in [2.75, 3.05) is 19.1 Å². The quantitative estimate of drug-likeness (QED) is 0.213. The summed E-state index contributed by atoms with van der Waals surface area (Å²) in [7, 11) is 5.43. The largest absolute Gasteiger partial charge is 0.480 e. The number of benzene rings is 1. The van der Waals surface area contributed by atoms with E-state index in [1.807, 2.05) is 56.5 Å². The van der Waals surface area contributed by atoms with Gasteiger partial charge in [-0.3, -0.25) is 0 Å². The molecule has 0 amide bonds. The highest BCUT2D eigenvalue weighted by molar-refractivity contribution is 5.87. The normalized spacial score (nSPS) is 13.7. The monoisotopic (exact) mass is 591 g/mol. The second kappa shape index (κ2) is 10.6. The zero-order valence-electron chi connectivity index (χ0n) is 24.8. The summed E-state index contributed by atoms with van der Waals surface area (Å²) in [6.45, 7) is 6.05. The molecule has 5 aromatic rings. The van der Waals surface area contributed by atoms with Crippen LogP contribution in [0.3, 0.4) is 0 Å². The minimum absolute atomic E-state index is 0.185. The van der Waals surface area contributed by atoms with Crippen molar-refractivity contribution in [3.63, 3.8) is 0 Å². The fraction of sp³-hybridized carbons (Fsp3) is 0.400. The van der Waals surface area contributed by atoms with Crippen LogP contribution < -0.4 is 9.64 Å². The van der Waals surface area contributed by atoms with Crippen molar-refractivity contribution in [3.05, 3.63) is 59.6 Å². The van der Waals surface area contributed by atoms with E-state index in [1.165, 1.54) is 6.33 Å². The molecule has 0 atom stereocenters. The molecule has 6 rings (SSSR count). The zero-order chi connectivity index (χ0) is 30.6. The molecule has 224 valence electrons. The molecule has 10 nitrogen and oxygen atoms in total. The molecule has 0 spiro atoms. The lowest BCUT2D eigenvalue weighted by atomic mass is 10.1. The van der Waals surface area contributed by atoms with Crippen molar-refractivity contribution < 1.29 is 17.9 Å². The van der Waals surface area contributed by atoms with Gasteiger partial charge in [0, 0.05) is 44.4 Å². The molecule has 0 bridgehead atoms. The lowest BCUT2D eigenvalue weighted by Gasteiger charge is -2.21. The first-order valence-corrected chi connectivity index (χ1v) is 14.0. The van der Waals surface area contributed by atoms with Crippen LogP contribution in [0.25, 0.3) is 33.9 Å². The van der Waals surface area contributed by atoms with Gasteiger partial charge in [0.05, 0.1) is 12.8 Å². The van der Waals surface area contributed by atoms with E-state index < -0.39 is 11.9 Å². The average molecular weight is 592 g/mol. The maximum atomic E-state index is 13.4. The summed E-state index contributed by atoms with van der Waals surface area (Å²) in [5.41, 5.74) is 3.52. The summed E-state index contributed by atoms with van der Waals surface area (Å²) < 4.78 is 49.3. The summed E-state index contributed by atoms with van der Waals surface area (Å²) >= 11 is 0. The van der Waals surface area contributed by atoms with Crippen LogP contribution in [0.2, 0.25) is 0 Å². The number of ether oxygens (including phenoxy) is 1. The van der Waals surface area contributed by atoms with Crippen molar-refractivity contribution in [1.29, 1.82) is 0 Å². The Bertz CT molecular complexity index is 1800. The molecule has 1 aliphatic rings. The molecule has 1 fully saturated rings. The SMILES string of the molecule is COc1ncnc(C2CC2)c1-c1nc(N(C)Cc2ccc(-c3nc(C(F)(F)F)cn3C(C)C)cc2)c2c(n1)nc(C)n2C. The van der Waals surface area contributed by atoms with Gasteiger partial charge in [-0.15, -0.1) is 0 Å². The summed E-state index contributed by atoms with van der Waals surface area (Å²) in [4.78, 5) is 29.3. The molecular weight excluding hydrogens is 559 g/mol. The molecule has 4 heterocycles. The predicted octanol–water partition coefficient (Wildman–Crippen LogP) is 6.11. The number of anilines is 1. The van der Waals surface area contributed by atoms with Gasteiger partial charge in [-0.1, -0.05) is 24.3 Å². The second-order valence-electron chi connectivity index (χ2n) is 11.2. The Kier molecular flexibility index (Phi) is 7.05. The summed E-state index contributed by atoms with van der Waals surface area (Å²) in [6.07, 6.45) is 0.134. The Morgan fingerprint density at radius 3 is 2.40 bits per heavy atom. The van der Waals surface area contributed by atoms with Crippen molar-refractivity contribution in [1.82, 2.24) is 39.0 Å². The van der Waals surface area contributed by atoms with E-state index in [-0.39, 0.29) is 11.9 Å². The number of hydrogen-bond donors (Lipinski definition) is 0. The molecule has 0 saturated heterocycles. The van der Waals surface area contributed by atoms with Crippen molar-refractivity contribution in [3.8, 4) is 28.7 Å². The number of alkyl halides is 3. The van der Waals surface area contributed by atoms with Crippen LogP contribution in [0.1, 0.15) is 61.4 Å². The molecule has 1 saturated carbocycles. The standard InChI is InChI=1S/C30H32F3N9O/c1-16(2)42-14-21(30(31,32)33)37-27(42)20-9-7-18(8-10-20)13-40(4)28-24-26(36-17(3)41(24)5)38-25(39-28)22-23(19-11-12-19)34-15-35-29(22)43-6/h7-10,14-16,19H,11-13H2,1-6H3. The zero-order valence-corrected chi connectivity index (χ0v) is 24.8. The van der Waals surface area contributed by atoms with Gasteiger partial charge in [-0.05, 0) is 39.2 Å². The minimum Gasteiger partial charge on any atom is -0.480 e. The van der Waals surface area contributed by atoms with E-state index in [4.69, 9.17) is 19.7 Å². The van der Waals surface area contributed by atoms with Crippen LogP contribution in [0.5, 0.6) is 5.88 Å². The average Bonchev–Trinajstić information content (AvgIpc) is 3.64. The van der Waals surface area contributed by atoms with Gasteiger partial charge in [-0.2, -0.15) is 13.2 Å². The van der Waals surface area contributed by atoms with E-state index in [1.54, 1.807) is 23.8 Å². The Hall–Kier alpha value is -4.55. The molecule has 0 unspecified atom stereocenters. The smallest absolute Gasteiger partial charge is 0.434 e. The Labute approximate surface area is 246 Å². The van der Waals surface area contributed by atoms with Gasteiger partial charge < -0.3 is 18.8 Å². The maximum absolute atomic E-state index is 13.4. The number of hydrogen-bond acceptors (Lipinski definition) is 8. The number of imidazole rings is 2. The summed E-state index contributed by atoms with van der Waals surface area (Å²) in [6, 6.07) is 7.20. The van der Waals surface area contributed by atoms with E-state index in [9.17, 15) is 13.2 Å². The fourth-order valence-corrected chi connectivity index (χ4v) is 5.24. The van der Waals surface area contributed by atoms with Gasteiger partial charge in [0.1, 0.15) is 29.1 Å². The van der Waals surface area contributed by atoms with Crippen molar-refractivity contribution >= 4 is 17.0 Å². The van der Waals surface area contributed by atoms with E-state index in [0.29, 0.717) is 46.8 Å². The van der Waals surface area contributed by atoms with Crippen LogP contribution >= 0.6 is 0 Å². The molecule has 1 aliphatic carbocycles.